The van der Waals surface area contributed by atoms with Crippen molar-refractivity contribution in [3.8, 4) is 0 Å². The molecule has 0 spiro atoms. The first kappa shape index (κ1) is 11.8. The van der Waals surface area contributed by atoms with Crippen molar-refractivity contribution in [3.63, 3.8) is 0 Å². The molecule has 0 aliphatic carbocycles. The van der Waals surface area contributed by atoms with E-state index in [0.29, 0.717) is 0 Å². The van der Waals surface area contributed by atoms with E-state index in [4.69, 9.17) is 9.47 Å². The number of hydrogen-bond acceptors (Lipinski definition) is 4. The minimum absolute atomic E-state index is 0.221. The van der Waals surface area contributed by atoms with Gasteiger partial charge in [-0.05, 0) is 27.7 Å². The van der Waals surface area contributed by atoms with Gasteiger partial charge in [0, 0.05) is 0 Å². The molecule has 1 N–H and O–H groups in total. The zero-order valence-electron chi connectivity index (χ0n) is 9.49. The summed E-state index contributed by atoms with van der Waals surface area (Å²) in [5, 5.41) is 2.61. The Balaban J connectivity index is 2.42. The molecule has 86 valence electrons. The number of amides is 1. The van der Waals surface area contributed by atoms with Crippen molar-refractivity contribution in [1.82, 2.24) is 5.32 Å². The minimum Gasteiger partial charge on any atom is -0.463 e. The molecule has 1 rings (SSSR count). The molecule has 15 heavy (non-hydrogen) atoms. The van der Waals surface area contributed by atoms with Crippen molar-refractivity contribution in [2.45, 2.75) is 39.3 Å². The third-order valence-corrected chi connectivity index (χ3v) is 2.08. The van der Waals surface area contributed by atoms with Crippen molar-refractivity contribution in [2.24, 2.45) is 5.92 Å². The van der Waals surface area contributed by atoms with Gasteiger partial charge in [0.2, 0.25) is 0 Å². The Morgan fingerprint density at radius 2 is 2.13 bits per heavy atom. The van der Waals surface area contributed by atoms with Gasteiger partial charge in [0.25, 0.3) is 0 Å². The molecule has 0 aromatic heterocycles. The molecular formula is C10H17NO4. The van der Waals surface area contributed by atoms with Crippen LogP contribution in [0.1, 0.15) is 27.7 Å². The second-order valence-corrected chi connectivity index (χ2v) is 4.67. The molecule has 0 unspecified atom stereocenters. The fraction of sp³-hybridized carbons (Fsp3) is 0.800. The number of hydrogen-bond donors (Lipinski definition) is 1. The maximum Gasteiger partial charge on any atom is 0.408 e. The molecule has 0 bridgehead atoms. The van der Waals surface area contributed by atoms with Crippen LogP contribution >= 0.6 is 0 Å². The van der Waals surface area contributed by atoms with Crippen LogP contribution < -0.4 is 5.32 Å². The Morgan fingerprint density at radius 3 is 2.53 bits per heavy atom. The Bertz CT molecular complexity index is 269. The minimum atomic E-state index is -0.531. The lowest BCUT2D eigenvalue weighted by Gasteiger charge is -2.21. The van der Waals surface area contributed by atoms with Gasteiger partial charge in [-0.1, -0.05) is 0 Å². The summed E-state index contributed by atoms with van der Waals surface area (Å²) in [6.45, 7) is 7.29. The number of alkyl carbamates (subject to hydrolysis) is 1. The fourth-order valence-electron chi connectivity index (χ4n) is 1.24. The van der Waals surface area contributed by atoms with Crippen molar-refractivity contribution in [2.75, 3.05) is 6.61 Å². The van der Waals surface area contributed by atoms with Crippen LogP contribution in [0.5, 0.6) is 0 Å². The lowest BCUT2D eigenvalue weighted by Crippen LogP contribution is -2.42. The van der Waals surface area contributed by atoms with E-state index in [-0.39, 0.29) is 24.5 Å². The number of ether oxygens (including phenoxy) is 2. The average Bonchev–Trinajstić information content (AvgIpc) is 2.32. The Labute approximate surface area is 89.1 Å². The van der Waals surface area contributed by atoms with E-state index < -0.39 is 11.7 Å². The van der Waals surface area contributed by atoms with Gasteiger partial charge in [0.1, 0.15) is 12.2 Å². The highest BCUT2D eigenvalue weighted by molar-refractivity contribution is 5.77. The second kappa shape index (κ2) is 4.08. The number of cyclic esters (lactones) is 1. The first-order chi connectivity index (χ1) is 6.79. The van der Waals surface area contributed by atoms with E-state index in [0.717, 1.165) is 0 Å². The zero-order chi connectivity index (χ0) is 11.6. The standard InChI is InChI=1S/C10H17NO4/c1-6-7(5-14-8(6)12)11-9(13)15-10(2,3)4/h6-7H,5H2,1-4H3,(H,11,13)/t6-,7+/m0/s1. The highest BCUT2D eigenvalue weighted by Crippen LogP contribution is 2.15. The summed E-state index contributed by atoms with van der Waals surface area (Å²) in [6, 6.07) is -0.285. The molecule has 0 aromatic carbocycles. The van der Waals surface area contributed by atoms with Crippen molar-refractivity contribution >= 4 is 12.1 Å². The maximum atomic E-state index is 11.4. The fourth-order valence-corrected chi connectivity index (χ4v) is 1.24. The summed E-state index contributed by atoms with van der Waals surface area (Å²) in [4.78, 5) is 22.4. The molecule has 1 heterocycles. The zero-order valence-corrected chi connectivity index (χ0v) is 9.49. The summed E-state index contributed by atoms with van der Waals surface area (Å²) in [5.41, 5.74) is -0.531. The molecular weight excluding hydrogens is 198 g/mol. The third kappa shape index (κ3) is 3.42. The van der Waals surface area contributed by atoms with Gasteiger partial charge in [-0.3, -0.25) is 4.79 Å². The largest absolute Gasteiger partial charge is 0.463 e. The summed E-state index contributed by atoms with van der Waals surface area (Å²) in [6.07, 6.45) is -0.516. The molecule has 5 nitrogen and oxygen atoms in total. The summed E-state index contributed by atoms with van der Waals surface area (Å²) >= 11 is 0. The molecule has 1 saturated heterocycles. The Morgan fingerprint density at radius 1 is 1.53 bits per heavy atom. The predicted octanol–water partition coefficient (Wildman–Crippen LogP) is 1.07. The van der Waals surface area contributed by atoms with Crippen LogP contribution in [0.25, 0.3) is 0 Å². The van der Waals surface area contributed by atoms with E-state index >= 15 is 0 Å². The second-order valence-electron chi connectivity index (χ2n) is 4.67. The lowest BCUT2D eigenvalue weighted by molar-refractivity contribution is -0.140. The van der Waals surface area contributed by atoms with Crippen LogP contribution in [0, 0.1) is 5.92 Å². The number of carbonyl (C=O) groups excluding carboxylic acids is 2. The van der Waals surface area contributed by atoms with E-state index in [2.05, 4.69) is 5.32 Å². The third-order valence-electron chi connectivity index (χ3n) is 2.08. The highest BCUT2D eigenvalue weighted by atomic mass is 16.6. The van der Waals surface area contributed by atoms with Crippen LogP contribution in [0.2, 0.25) is 0 Å². The van der Waals surface area contributed by atoms with E-state index in [1.165, 1.54) is 0 Å². The van der Waals surface area contributed by atoms with Crippen molar-refractivity contribution in [3.05, 3.63) is 0 Å². The highest BCUT2D eigenvalue weighted by Gasteiger charge is 2.35. The Hall–Kier alpha value is -1.26. The topological polar surface area (TPSA) is 64.6 Å². The van der Waals surface area contributed by atoms with Crippen LogP contribution in [0.3, 0.4) is 0 Å². The van der Waals surface area contributed by atoms with E-state index in [1.54, 1.807) is 27.7 Å². The van der Waals surface area contributed by atoms with Gasteiger partial charge in [0.05, 0.1) is 12.0 Å². The van der Waals surface area contributed by atoms with Gasteiger partial charge in [-0.25, -0.2) is 4.79 Å². The molecule has 0 radical (unpaired) electrons. The van der Waals surface area contributed by atoms with Gasteiger partial charge < -0.3 is 14.8 Å². The quantitative estimate of drug-likeness (QED) is 0.664. The normalized spacial score (nSPS) is 26.0. The molecule has 1 aliphatic rings. The van der Waals surface area contributed by atoms with Crippen molar-refractivity contribution < 1.29 is 19.1 Å². The summed E-state index contributed by atoms with van der Waals surface area (Å²) < 4.78 is 9.87. The number of rotatable bonds is 1. The summed E-state index contributed by atoms with van der Waals surface area (Å²) in [5.74, 6) is -0.589. The summed E-state index contributed by atoms with van der Waals surface area (Å²) in [7, 11) is 0. The monoisotopic (exact) mass is 215 g/mol. The van der Waals surface area contributed by atoms with Gasteiger partial charge in [0.15, 0.2) is 0 Å². The molecule has 1 fully saturated rings. The average molecular weight is 215 g/mol. The lowest BCUT2D eigenvalue weighted by atomic mass is 10.1. The SMILES string of the molecule is C[C@@H]1C(=O)OC[C@H]1NC(=O)OC(C)(C)C. The van der Waals surface area contributed by atoms with Crippen LogP contribution in [0.15, 0.2) is 0 Å². The molecule has 1 amide bonds. The van der Waals surface area contributed by atoms with Crippen molar-refractivity contribution in [1.29, 1.82) is 0 Å². The number of esters is 1. The number of nitrogens with one attached hydrogen (secondary N) is 1. The molecule has 5 heteroatoms. The first-order valence-corrected chi connectivity index (χ1v) is 4.96. The van der Waals surface area contributed by atoms with Gasteiger partial charge >= 0.3 is 12.1 Å². The van der Waals surface area contributed by atoms with E-state index in [9.17, 15) is 9.59 Å². The van der Waals surface area contributed by atoms with Crippen LogP contribution in [0.4, 0.5) is 4.79 Å². The molecule has 2 atom stereocenters. The van der Waals surface area contributed by atoms with E-state index in [1.807, 2.05) is 0 Å². The van der Waals surface area contributed by atoms with Crippen LogP contribution in [-0.4, -0.2) is 30.3 Å². The molecule has 1 aliphatic heterocycles. The number of carbonyl (C=O) groups is 2. The Kier molecular flexibility index (Phi) is 3.21. The predicted molar refractivity (Wildman–Crippen MR) is 53.3 cm³/mol. The first-order valence-electron chi connectivity index (χ1n) is 4.96. The van der Waals surface area contributed by atoms with Gasteiger partial charge in [-0.2, -0.15) is 0 Å². The van der Waals surface area contributed by atoms with Gasteiger partial charge in [-0.15, -0.1) is 0 Å². The smallest absolute Gasteiger partial charge is 0.408 e. The maximum absolute atomic E-state index is 11.4. The van der Waals surface area contributed by atoms with Crippen LogP contribution in [-0.2, 0) is 14.3 Å². The molecule has 0 aromatic rings. The molecule has 0 saturated carbocycles.